The molecule has 1 aromatic carbocycles. The first-order chi connectivity index (χ1) is 9.24. The maximum absolute atomic E-state index is 11.1. The molecule has 0 saturated carbocycles. The molecule has 0 saturated heterocycles. The third kappa shape index (κ3) is 2.08. The summed E-state index contributed by atoms with van der Waals surface area (Å²) in [5, 5.41) is 6.89. The number of primary amides is 1. The summed E-state index contributed by atoms with van der Waals surface area (Å²) in [4.78, 5) is 19.4. The lowest BCUT2D eigenvalue weighted by molar-refractivity contribution is 0.100. The van der Waals surface area contributed by atoms with Crippen molar-refractivity contribution in [2.75, 3.05) is 0 Å². The fourth-order valence-electron chi connectivity index (χ4n) is 1.69. The summed E-state index contributed by atoms with van der Waals surface area (Å²) in [6, 6.07) is 6.89. The standard InChI is InChI=1S/C12H10N6O/c13-10(19)8-2-1-3-9(6-8)11-15-12(17-16-11)18-5-4-14-7-18/h1-7H,(H2,13,19)(H,15,16,17). The van der Waals surface area contributed by atoms with Crippen LogP contribution in [0.5, 0.6) is 0 Å². The molecule has 1 amide bonds. The molecule has 7 nitrogen and oxygen atoms in total. The van der Waals surface area contributed by atoms with Crippen molar-refractivity contribution in [3.05, 3.63) is 48.5 Å². The Labute approximate surface area is 108 Å². The number of hydrogen-bond donors (Lipinski definition) is 2. The van der Waals surface area contributed by atoms with Crippen LogP contribution in [-0.4, -0.2) is 30.6 Å². The van der Waals surface area contributed by atoms with E-state index >= 15 is 0 Å². The van der Waals surface area contributed by atoms with E-state index in [1.54, 1.807) is 41.5 Å². The predicted molar refractivity (Wildman–Crippen MR) is 67.5 cm³/mol. The minimum atomic E-state index is -0.476. The number of benzene rings is 1. The SMILES string of the molecule is NC(=O)c1cccc(-c2nc(-n3ccnc3)n[nH]2)c1. The molecule has 19 heavy (non-hydrogen) atoms. The molecular formula is C12H10N6O. The van der Waals surface area contributed by atoms with Crippen LogP contribution >= 0.6 is 0 Å². The zero-order valence-corrected chi connectivity index (χ0v) is 9.82. The quantitative estimate of drug-likeness (QED) is 0.720. The summed E-state index contributed by atoms with van der Waals surface area (Å²) < 4.78 is 1.68. The van der Waals surface area contributed by atoms with Crippen molar-refractivity contribution in [3.8, 4) is 17.3 Å². The molecule has 0 bridgehead atoms. The van der Waals surface area contributed by atoms with Gasteiger partial charge in [0.25, 0.3) is 5.95 Å². The number of H-pyrrole nitrogens is 1. The van der Waals surface area contributed by atoms with Crippen LogP contribution in [0, 0.1) is 0 Å². The van der Waals surface area contributed by atoms with E-state index in [4.69, 9.17) is 5.73 Å². The molecule has 2 heterocycles. The fraction of sp³-hybridized carbons (Fsp3) is 0. The summed E-state index contributed by atoms with van der Waals surface area (Å²) in [7, 11) is 0. The number of aromatic nitrogens is 5. The number of carbonyl (C=O) groups is 1. The number of imidazole rings is 1. The molecule has 7 heteroatoms. The van der Waals surface area contributed by atoms with Gasteiger partial charge in [-0.05, 0) is 12.1 Å². The Morgan fingerprint density at radius 1 is 1.37 bits per heavy atom. The van der Waals surface area contributed by atoms with Crippen LogP contribution in [0.4, 0.5) is 0 Å². The lowest BCUT2D eigenvalue weighted by Gasteiger charge is -1.98. The molecule has 94 valence electrons. The zero-order valence-electron chi connectivity index (χ0n) is 9.82. The largest absolute Gasteiger partial charge is 0.366 e. The van der Waals surface area contributed by atoms with Crippen LogP contribution in [-0.2, 0) is 0 Å². The molecule has 0 spiro atoms. The molecule has 0 unspecified atom stereocenters. The second-order valence-corrected chi connectivity index (χ2v) is 3.90. The van der Waals surface area contributed by atoms with Crippen LogP contribution in [0.2, 0.25) is 0 Å². The third-order valence-corrected chi connectivity index (χ3v) is 2.63. The van der Waals surface area contributed by atoms with Crippen LogP contribution < -0.4 is 5.73 Å². The van der Waals surface area contributed by atoms with E-state index in [1.807, 2.05) is 6.07 Å². The lowest BCUT2D eigenvalue weighted by atomic mass is 10.1. The molecule has 0 fully saturated rings. The Hall–Kier alpha value is -2.96. The van der Waals surface area contributed by atoms with Gasteiger partial charge in [-0.1, -0.05) is 12.1 Å². The number of aromatic amines is 1. The van der Waals surface area contributed by atoms with E-state index in [0.717, 1.165) is 5.56 Å². The summed E-state index contributed by atoms with van der Waals surface area (Å²) in [5.41, 5.74) is 6.42. The third-order valence-electron chi connectivity index (χ3n) is 2.63. The summed E-state index contributed by atoms with van der Waals surface area (Å²) in [6.45, 7) is 0. The van der Waals surface area contributed by atoms with Gasteiger partial charge in [0.05, 0.1) is 0 Å². The van der Waals surface area contributed by atoms with Gasteiger partial charge in [-0.3, -0.25) is 14.5 Å². The Morgan fingerprint density at radius 3 is 3.00 bits per heavy atom. The van der Waals surface area contributed by atoms with Crippen molar-refractivity contribution >= 4 is 5.91 Å². The van der Waals surface area contributed by atoms with E-state index in [9.17, 15) is 4.79 Å². The average molecular weight is 254 g/mol. The van der Waals surface area contributed by atoms with Gasteiger partial charge < -0.3 is 5.73 Å². The van der Waals surface area contributed by atoms with E-state index in [2.05, 4.69) is 20.2 Å². The number of nitrogens with one attached hydrogen (secondary N) is 1. The molecule has 0 aliphatic rings. The fourth-order valence-corrected chi connectivity index (χ4v) is 1.69. The maximum Gasteiger partial charge on any atom is 0.254 e. The van der Waals surface area contributed by atoms with Crippen molar-refractivity contribution in [2.45, 2.75) is 0 Å². The topological polar surface area (TPSA) is 102 Å². The molecular weight excluding hydrogens is 244 g/mol. The monoisotopic (exact) mass is 254 g/mol. The van der Waals surface area contributed by atoms with Crippen molar-refractivity contribution < 1.29 is 4.79 Å². The van der Waals surface area contributed by atoms with Crippen LogP contribution in [0.15, 0.2) is 43.0 Å². The first-order valence-electron chi connectivity index (χ1n) is 5.55. The minimum absolute atomic E-state index is 0.429. The smallest absolute Gasteiger partial charge is 0.254 e. The van der Waals surface area contributed by atoms with E-state index in [0.29, 0.717) is 17.3 Å². The minimum Gasteiger partial charge on any atom is -0.366 e. The zero-order chi connectivity index (χ0) is 13.2. The average Bonchev–Trinajstić information content (AvgIpc) is 3.09. The van der Waals surface area contributed by atoms with Gasteiger partial charge in [-0.15, -0.1) is 5.10 Å². The van der Waals surface area contributed by atoms with E-state index < -0.39 is 5.91 Å². The molecule has 0 atom stereocenters. The van der Waals surface area contributed by atoms with Gasteiger partial charge in [-0.25, -0.2) is 4.98 Å². The van der Waals surface area contributed by atoms with Gasteiger partial charge in [0.2, 0.25) is 5.91 Å². The molecule has 0 aliphatic carbocycles. The lowest BCUT2D eigenvalue weighted by Crippen LogP contribution is -2.10. The van der Waals surface area contributed by atoms with Crippen LogP contribution in [0.3, 0.4) is 0 Å². The molecule has 3 N–H and O–H groups in total. The molecule has 0 radical (unpaired) electrons. The van der Waals surface area contributed by atoms with Crippen molar-refractivity contribution in [1.29, 1.82) is 0 Å². The van der Waals surface area contributed by atoms with Crippen molar-refractivity contribution in [1.82, 2.24) is 24.7 Å². The normalized spacial score (nSPS) is 10.5. The van der Waals surface area contributed by atoms with Gasteiger partial charge in [0.15, 0.2) is 5.82 Å². The molecule has 2 aromatic heterocycles. The number of carbonyl (C=O) groups excluding carboxylic acids is 1. The number of hydrogen-bond acceptors (Lipinski definition) is 4. The Bertz CT molecular complexity index is 715. The predicted octanol–water partition coefficient (Wildman–Crippen LogP) is 0.756. The van der Waals surface area contributed by atoms with Gasteiger partial charge in [0.1, 0.15) is 6.33 Å². The molecule has 3 aromatic rings. The molecule has 3 rings (SSSR count). The summed E-state index contributed by atoms with van der Waals surface area (Å²) in [5.74, 6) is 0.569. The second-order valence-electron chi connectivity index (χ2n) is 3.90. The van der Waals surface area contributed by atoms with Gasteiger partial charge >= 0.3 is 0 Å². The highest BCUT2D eigenvalue weighted by atomic mass is 16.1. The number of nitrogens with two attached hydrogens (primary N) is 1. The van der Waals surface area contributed by atoms with Crippen molar-refractivity contribution in [3.63, 3.8) is 0 Å². The number of amides is 1. The van der Waals surface area contributed by atoms with E-state index in [1.165, 1.54) is 0 Å². The highest BCUT2D eigenvalue weighted by molar-refractivity contribution is 5.93. The summed E-state index contributed by atoms with van der Waals surface area (Å²) >= 11 is 0. The molecule has 0 aliphatic heterocycles. The first kappa shape index (κ1) is 11.1. The highest BCUT2D eigenvalue weighted by Gasteiger charge is 2.08. The highest BCUT2D eigenvalue weighted by Crippen LogP contribution is 2.17. The Kier molecular flexibility index (Phi) is 2.57. The van der Waals surface area contributed by atoms with Gasteiger partial charge in [0, 0.05) is 23.5 Å². The summed E-state index contributed by atoms with van der Waals surface area (Å²) in [6.07, 6.45) is 4.99. The van der Waals surface area contributed by atoms with Crippen molar-refractivity contribution in [2.24, 2.45) is 5.73 Å². The Balaban J connectivity index is 1.99. The van der Waals surface area contributed by atoms with E-state index in [-0.39, 0.29) is 0 Å². The maximum atomic E-state index is 11.1. The first-order valence-corrected chi connectivity index (χ1v) is 5.55. The second kappa shape index (κ2) is 4.37. The number of nitrogens with zero attached hydrogens (tertiary/aromatic N) is 4. The Morgan fingerprint density at radius 2 is 2.26 bits per heavy atom. The number of rotatable bonds is 3. The van der Waals surface area contributed by atoms with Gasteiger partial charge in [-0.2, -0.15) is 4.98 Å². The van der Waals surface area contributed by atoms with Crippen LogP contribution in [0.25, 0.3) is 17.3 Å². The van der Waals surface area contributed by atoms with Crippen LogP contribution in [0.1, 0.15) is 10.4 Å².